The molecule has 0 unspecified atom stereocenters. The molecule has 1 aliphatic heterocycles. The van der Waals surface area contributed by atoms with Crippen molar-refractivity contribution < 1.29 is 0 Å². The van der Waals surface area contributed by atoms with Gasteiger partial charge in [-0.15, -0.1) is 5.10 Å². The van der Waals surface area contributed by atoms with E-state index in [1.165, 1.54) is 12.8 Å². The highest BCUT2D eigenvalue weighted by Crippen LogP contribution is 2.21. The molecule has 0 aromatic carbocycles. The minimum absolute atomic E-state index is 0.458. The summed E-state index contributed by atoms with van der Waals surface area (Å²) < 4.78 is 1.83. The fraction of sp³-hybridized carbons (Fsp3) is 0.538. The van der Waals surface area contributed by atoms with Crippen LogP contribution >= 0.6 is 0 Å². The highest BCUT2D eigenvalue weighted by atomic mass is 15.3. The number of rotatable bonds is 2. The summed E-state index contributed by atoms with van der Waals surface area (Å²) in [6.07, 6.45) is 4.40. The molecule has 1 aliphatic rings. The third-order valence-electron chi connectivity index (χ3n) is 3.67. The lowest BCUT2D eigenvalue weighted by Crippen LogP contribution is -2.33. The third-order valence-corrected chi connectivity index (χ3v) is 3.67. The van der Waals surface area contributed by atoms with Crippen molar-refractivity contribution in [2.75, 3.05) is 18.0 Å². The predicted molar refractivity (Wildman–Crippen MR) is 71.5 cm³/mol. The molecule has 1 fully saturated rings. The first-order chi connectivity index (χ1) is 8.76. The van der Waals surface area contributed by atoms with Gasteiger partial charge in [0.2, 0.25) is 0 Å². The molecule has 2 N–H and O–H groups in total. The number of hydrogen-bond acceptors (Lipinski definition) is 4. The molecule has 96 valence electrons. The van der Waals surface area contributed by atoms with Crippen LogP contribution in [0.4, 0.5) is 5.82 Å². The van der Waals surface area contributed by atoms with Gasteiger partial charge in [-0.05, 0) is 30.9 Å². The molecule has 0 radical (unpaired) electrons. The van der Waals surface area contributed by atoms with E-state index in [1.54, 1.807) is 0 Å². The Hall–Kier alpha value is -1.62. The molecular formula is C13H19N5. The van der Waals surface area contributed by atoms with Gasteiger partial charge in [0.05, 0.1) is 11.9 Å². The lowest BCUT2D eigenvalue weighted by molar-refractivity contribution is 0.435. The Kier molecular flexibility index (Phi) is 2.91. The lowest BCUT2D eigenvalue weighted by atomic mass is 9.99. The van der Waals surface area contributed by atoms with Gasteiger partial charge in [-0.25, -0.2) is 9.50 Å². The topological polar surface area (TPSA) is 59.5 Å². The summed E-state index contributed by atoms with van der Waals surface area (Å²) in [4.78, 5) is 6.74. The van der Waals surface area contributed by atoms with Crippen LogP contribution in [-0.4, -0.2) is 27.7 Å². The maximum atomic E-state index is 5.60. The molecule has 0 atom stereocenters. The van der Waals surface area contributed by atoms with Crippen molar-refractivity contribution in [1.82, 2.24) is 14.6 Å². The second kappa shape index (κ2) is 4.57. The van der Waals surface area contributed by atoms with E-state index in [4.69, 9.17) is 5.73 Å². The van der Waals surface area contributed by atoms with Gasteiger partial charge in [-0.2, -0.15) is 0 Å². The summed E-state index contributed by atoms with van der Waals surface area (Å²) in [5.41, 5.74) is 7.34. The molecule has 3 heterocycles. The molecule has 5 nitrogen and oxygen atoms in total. The standard InChI is InChI=1S/C13H19N5/c1-10-4-6-17(7-5-10)13-3-2-12-15-11(8-14)9-18(12)16-13/h2-3,9-10H,4-8,14H2,1H3. The van der Waals surface area contributed by atoms with Crippen molar-refractivity contribution in [2.45, 2.75) is 26.3 Å². The predicted octanol–water partition coefficient (Wildman–Crippen LogP) is 1.42. The van der Waals surface area contributed by atoms with Crippen molar-refractivity contribution in [2.24, 2.45) is 11.7 Å². The molecule has 0 aliphatic carbocycles. The van der Waals surface area contributed by atoms with Gasteiger partial charge < -0.3 is 10.6 Å². The van der Waals surface area contributed by atoms with Crippen molar-refractivity contribution >= 4 is 11.5 Å². The molecule has 2 aromatic rings. The maximum absolute atomic E-state index is 5.60. The Morgan fingerprint density at radius 3 is 2.83 bits per heavy atom. The molecule has 0 amide bonds. The summed E-state index contributed by atoms with van der Waals surface area (Å²) >= 11 is 0. The molecular weight excluding hydrogens is 226 g/mol. The second-order valence-electron chi connectivity index (χ2n) is 5.10. The van der Waals surface area contributed by atoms with E-state index in [0.29, 0.717) is 6.54 Å². The van der Waals surface area contributed by atoms with E-state index in [1.807, 2.05) is 16.8 Å². The van der Waals surface area contributed by atoms with E-state index in [2.05, 4.69) is 28.0 Å². The molecule has 18 heavy (non-hydrogen) atoms. The van der Waals surface area contributed by atoms with Crippen LogP contribution in [0.3, 0.4) is 0 Å². The number of imidazole rings is 1. The fourth-order valence-electron chi connectivity index (χ4n) is 2.43. The van der Waals surface area contributed by atoms with Crippen LogP contribution in [0.5, 0.6) is 0 Å². The summed E-state index contributed by atoms with van der Waals surface area (Å²) in [5.74, 6) is 1.87. The summed E-state index contributed by atoms with van der Waals surface area (Å²) in [6.45, 7) is 4.97. The molecule has 0 spiro atoms. The van der Waals surface area contributed by atoms with Crippen LogP contribution in [-0.2, 0) is 6.54 Å². The molecule has 0 saturated carbocycles. The van der Waals surface area contributed by atoms with Crippen LogP contribution in [0.25, 0.3) is 5.65 Å². The number of nitrogens with zero attached hydrogens (tertiary/aromatic N) is 4. The number of hydrogen-bond donors (Lipinski definition) is 1. The van der Waals surface area contributed by atoms with Crippen LogP contribution in [0.1, 0.15) is 25.5 Å². The van der Waals surface area contributed by atoms with Gasteiger partial charge in [-0.1, -0.05) is 6.92 Å². The van der Waals surface area contributed by atoms with Gasteiger partial charge in [0.25, 0.3) is 0 Å². The first-order valence-corrected chi connectivity index (χ1v) is 6.56. The Labute approximate surface area is 107 Å². The van der Waals surface area contributed by atoms with E-state index in [-0.39, 0.29) is 0 Å². The number of fused-ring (bicyclic) bond motifs is 1. The van der Waals surface area contributed by atoms with Crippen molar-refractivity contribution in [3.63, 3.8) is 0 Å². The Morgan fingerprint density at radius 2 is 2.11 bits per heavy atom. The quantitative estimate of drug-likeness (QED) is 0.869. The molecule has 0 bridgehead atoms. The number of aromatic nitrogens is 3. The zero-order valence-electron chi connectivity index (χ0n) is 10.7. The Morgan fingerprint density at radius 1 is 1.33 bits per heavy atom. The van der Waals surface area contributed by atoms with Gasteiger partial charge in [0.1, 0.15) is 5.82 Å². The largest absolute Gasteiger partial charge is 0.355 e. The van der Waals surface area contributed by atoms with E-state index >= 15 is 0 Å². The SMILES string of the molecule is CC1CCN(c2ccc3nc(CN)cn3n2)CC1. The van der Waals surface area contributed by atoms with Crippen molar-refractivity contribution in [1.29, 1.82) is 0 Å². The number of anilines is 1. The zero-order chi connectivity index (χ0) is 12.5. The lowest BCUT2D eigenvalue weighted by Gasteiger charge is -2.30. The van der Waals surface area contributed by atoms with E-state index < -0.39 is 0 Å². The Balaban J connectivity index is 1.88. The number of nitrogens with two attached hydrogens (primary N) is 1. The van der Waals surface area contributed by atoms with Crippen LogP contribution < -0.4 is 10.6 Å². The normalized spacial score (nSPS) is 17.6. The summed E-state index contributed by atoms with van der Waals surface area (Å²) in [5, 5.41) is 4.62. The monoisotopic (exact) mass is 245 g/mol. The minimum Gasteiger partial charge on any atom is -0.355 e. The number of piperidine rings is 1. The molecule has 3 rings (SSSR count). The summed E-state index contributed by atoms with van der Waals surface area (Å²) in [6, 6.07) is 4.07. The molecule has 1 saturated heterocycles. The first-order valence-electron chi connectivity index (χ1n) is 6.56. The average molecular weight is 245 g/mol. The van der Waals surface area contributed by atoms with Crippen molar-refractivity contribution in [3.8, 4) is 0 Å². The zero-order valence-corrected chi connectivity index (χ0v) is 10.7. The average Bonchev–Trinajstić information content (AvgIpc) is 2.81. The van der Waals surface area contributed by atoms with Crippen molar-refractivity contribution in [3.05, 3.63) is 24.0 Å². The van der Waals surface area contributed by atoms with Crippen LogP contribution in [0, 0.1) is 5.92 Å². The Bertz CT molecular complexity index is 539. The fourth-order valence-corrected chi connectivity index (χ4v) is 2.43. The smallest absolute Gasteiger partial charge is 0.153 e. The maximum Gasteiger partial charge on any atom is 0.153 e. The first kappa shape index (κ1) is 11.5. The van der Waals surface area contributed by atoms with Gasteiger partial charge in [0, 0.05) is 19.6 Å². The second-order valence-corrected chi connectivity index (χ2v) is 5.10. The minimum atomic E-state index is 0.458. The van der Waals surface area contributed by atoms with E-state index in [9.17, 15) is 0 Å². The van der Waals surface area contributed by atoms with Gasteiger partial charge >= 0.3 is 0 Å². The third kappa shape index (κ3) is 2.06. The highest BCUT2D eigenvalue weighted by molar-refractivity contribution is 5.46. The van der Waals surface area contributed by atoms with E-state index in [0.717, 1.165) is 36.2 Å². The van der Waals surface area contributed by atoms with Crippen LogP contribution in [0.15, 0.2) is 18.3 Å². The highest BCUT2D eigenvalue weighted by Gasteiger charge is 2.17. The molecule has 2 aromatic heterocycles. The van der Waals surface area contributed by atoms with Crippen LogP contribution in [0.2, 0.25) is 0 Å². The molecule has 5 heteroatoms. The summed E-state index contributed by atoms with van der Waals surface area (Å²) in [7, 11) is 0. The van der Waals surface area contributed by atoms with Gasteiger partial charge in [-0.3, -0.25) is 0 Å². The van der Waals surface area contributed by atoms with Gasteiger partial charge in [0.15, 0.2) is 5.65 Å².